The van der Waals surface area contributed by atoms with Crippen molar-refractivity contribution in [3.63, 3.8) is 0 Å². The highest BCUT2D eigenvalue weighted by Crippen LogP contribution is 2.41. The van der Waals surface area contributed by atoms with Crippen LogP contribution in [0.1, 0.15) is 69.3 Å². The van der Waals surface area contributed by atoms with Gasteiger partial charge < -0.3 is 26.0 Å². The number of likely N-dealkylation sites (N-methyl/N-ethyl adjacent to an activating group) is 1. The van der Waals surface area contributed by atoms with Crippen LogP contribution in [0.2, 0.25) is 0 Å². The molecule has 2 aromatic carbocycles. The zero-order valence-corrected chi connectivity index (χ0v) is 27.9. The average Bonchev–Trinajstić information content (AvgIpc) is 3.41. The molecule has 3 unspecified atom stereocenters. The van der Waals surface area contributed by atoms with Crippen molar-refractivity contribution in [3.05, 3.63) is 70.7 Å². The van der Waals surface area contributed by atoms with Gasteiger partial charge in [0.15, 0.2) is 0 Å². The summed E-state index contributed by atoms with van der Waals surface area (Å²) in [6.45, 7) is 7.29. The Morgan fingerprint density at radius 2 is 1.73 bits per heavy atom. The Kier molecular flexibility index (Phi) is 11.3. The normalized spacial score (nSPS) is 19.5. The molecule has 1 aliphatic carbocycles. The fraction of sp³-hybridized carbons (Fsp3) is 0.514. The van der Waals surface area contributed by atoms with Gasteiger partial charge in [-0.05, 0) is 47.9 Å². The number of H-pyrrole nitrogens is 1. The Balaban J connectivity index is 1.75. The molecule has 1 aliphatic rings. The van der Waals surface area contributed by atoms with Crippen LogP contribution in [0, 0.1) is 17.7 Å². The molecule has 6 N–H and O–H groups in total. The first kappa shape index (κ1) is 36.9. The van der Waals surface area contributed by atoms with Gasteiger partial charge in [0, 0.05) is 24.5 Å². The van der Waals surface area contributed by atoms with Crippen molar-refractivity contribution in [1.29, 1.82) is 0 Å². The van der Waals surface area contributed by atoms with Crippen LogP contribution in [0.15, 0.2) is 42.5 Å². The number of para-hydroxylation sites is 1. The van der Waals surface area contributed by atoms with Gasteiger partial charge in [-0.15, -0.1) is 0 Å². The second-order valence-corrected chi connectivity index (χ2v) is 13.1. The summed E-state index contributed by atoms with van der Waals surface area (Å²) >= 11 is 0. The van der Waals surface area contributed by atoms with Crippen molar-refractivity contribution in [1.82, 2.24) is 20.5 Å². The number of aromatic nitrogens is 1. The van der Waals surface area contributed by atoms with Crippen molar-refractivity contribution in [2.75, 3.05) is 7.05 Å². The Bertz CT molecular complexity index is 1640. The van der Waals surface area contributed by atoms with E-state index in [-0.39, 0.29) is 48.6 Å². The largest absolute Gasteiger partial charge is 0.418 e. The molecule has 6 atom stereocenters. The number of nitrogens with two attached hydrogens (primary N) is 1. The van der Waals surface area contributed by atoms with E-state index in [2.05, 4.69) is 15.6 Å². The molecule has 1 heterocycles. The van der Waals surface area contributed by atoms with Crippen molar-refractivity contribution in [2.45, 2.75) is 96.2 Å². The first-order valence-corrected chi connectivity index (χ1v) is 16.3. The highest BCUT2D eigenvalue weighted by Gasteiger charge is 2.47. The average molecular weight is 676 g/mol. The number of hydrogen-bond donors (Lipinski definition) is 5. The van der Waals surface area contributed by atoms with Crippen LogP contribution >= 0.6 is 0 Å². The molecule has 0 saturated heterocycles. The fourth-order valence-corrected chi connectivity index (χ4v) is 6.67. The number of aromatic amines is 1. The van der Waals surface area contributed by atoms with Gasteiger partial charge >= 0.3 is 6.18 Å². The fourth-order valence-electron chi connectivity index (χ4n) is 6.67. The zero-order chi connectivity index (χ0) is 35.6. The van der Waals surface area contributed by atoms with Crippen molar-refractivity contribution < 1.29 is 37.1 Å². The van der Waals surface area contributed by atoms with Crippen molar-refractivity contribution >= 4 is 28.6 Å². The van der Waals surface area contributed by atoms with Crippen LogP contribution < -0.4 is 16.4 Å². The Morgan fingerprint density at radius 1 is 1.06 bits per heavy atom. The first-order valence-electron chi connectivity index (χ1n) is 16.3. The van der Waals surface area contributed by atoms with E-state index in [1.165, 1.54) is 36.2 Å². The van der Waals surface area contributed by atoms with Crippen LogP contribution in [0.25, 0.3) is 10.9 Å². The number of carbonyl (C=O) groups is 3. The number of alkyl halides is 3. The molecule has 0 spiro atoms. The molecule has 0 radical (unpaired) electrons. The Hall–Kier alpha value is -3.97. The van der Waals surface area contributed by atoms with E-state index in [1.807, 2.05) is 13.8 Å². The Morgan fingerprint density at radius 3 is 2.33 bits per heavy atom. The maximum Gasteiger partial charge on any atom is 0.418 e. The number of nitrogens with zero attached hydrogens (tertiary/aromatic N) is 1. The number of benzene rings is 2. The van der Waals surface area contributed by atoms with Crippen LogP contribution in [0.4, 0.5) is 17.6 Å². The molecule has 9 nitrogen and oxygen atoms in total. The minimum atomic E-state index is -4.62. The number of carbonyl (C=O) groups excluding carboxylic acids is 3. The van der Waals surface area contributed by atoms with E-state index in [9.17, 15) is 37.1 Å². The number of amides is 3. The van der Waals surface area contributed by atoms with Gasteiger partial charge in [-0.25, -0.2) is 4.39 Å². The second-order valence-electron chi connectivity index (χ2n) is 13.1. The van der Waals surface area contributed by atoms with Gasteiger partial charge in [-0.1, -0.05) is 70.9 Å². The highest BCUT2D eigenvalue weighted by atomic mass is 19.4. The summed E-state index contributed by atoms with van der Waals surface area (Å²) in [5.41, 5.74) is 4.47. The number of aliphatic hydroxyl groups excluding tert-OH is 1. The van der Waals surface area contributed by atoms with Gasteiger partial charge in [0.2, 0.25) is 17.7 Å². The van der Waals surface area contributed by atoms with Crippen LogP contribution in [0.5, 0.6) is 0 Å². The highest BCUT2D eigenvalue weighted by molar-refractivity contribution is 5.90. The SMILES string of the molecule is CCC(C)[C@H](NC(O)[C@@]1(NC(=O)[C@H](C(C)CC)N(C)C(=O)Cc2ccccc2F)CCc2[nH]c3c(C(F)(F)F)cccc3c2C1)C(N)=O. The number of primary amides is 1. The van der Waals surface area contributed by atoms with E-state index >= 15 is 0 Å². The minimum Gasteiger partial charge on any atom is -0.376 e. The van der Waals surface area contributed by atoms with Crippen molar-refractivity contribution in [3.8, 4) is 0 Å². The summed E-state index contributed by atoms with van der Waals surface area (Å²) in [6.07, 6.45) is -5.26. The van der Waals surface area contributed by atoms with Crippen molar-refractivity contribution in [2.24, 2.45) is 17.6 Å². The summed E-state index contributed by atoms with van der Waals surface area (Å²) in [6, 6.07) is 7.70. The van der Waals surface area contributed by atoms with Crippen LogP contribution in [-0.4, -0.2) is 63.6 Å². The molecule has 262 valence electrons. The van der Waals surface area contributed by atoms with Gasteiger partial charge in [-0.3, -0.25) is 19.7 Å². The van der Waals surface area contributed by atoms with E-state index in [1.54, 1.807) is 26.0 Å². The number of fused-ring (bicyclic) bond motifs is 3. The second kappa shape index (κ2) is 14.7. The third-order valence-corrected chi connectivity index (χ3v) is 9.96. The molecule has 3 aromatic rings. The molecule has 13 heteroatoms. The Labute approximate surface area is 277 Å². The maximum atomic E-state index is 14.4. The van der Waals surface area contributed by atoms with Gasteiger partial charge in [0.1, 0.15) is 18.1 Å². The molecule has 0 aliphatic heterocycles. The molecule has 4 rings (SSSR count). The standard InChI is InChI=1S/C35H45F4N5O4/c1-6-19(3)28(31(40)46)42-33(48)34(16-15-26-23(18-34)22-12-10-13-24(29(22)41-26)35(37,38)39)43-32(47)30(20(4)7-2)44(5)27(45)17-21-11-8-9-14-25(21)36/h8-14,19-20,28,30,33,41-42,48H,6-7,15-18H2,1-5H3,(H2,40,46)(H,43,47)/t19?,20?,28-,30-,33?,34+/m0/s1. The summed E-state index contributed by atoms with van der Waals surface area (Å²) in [5.74, 6) is -3.02. The monoisotopic (exact) mass is 675 g/mol. The molecule has 0 saturated carbocycles. The lowest BCUT2D eigenvalue weighted by Crippen LogP contribution is -2.69. The topological polar surface area (TPSA) is 141 Å². The molecule has 1 aromatic heterocycles. The number of aliphatic hydroxyl groups is 1. The molecule has 3 amide bonds. The zero-order valence-electron chi connectivity index (χ0n) is 27.9. The molecule has 0 bridgehead atoms. The quantitative estimate of drug-likeness (QED) is 0.133. The van der Waals surface area contributed by atoms with E-state index < -0.39 is 59.1 Å². The van der Waals surface area contributed by atoms with Crippen LogP contribution in [0.3, 0.4) is 0 Å². The van der Waals surface area contributed by atoms with Crippen LogP contribution in [-0.2, 0) is 39.8 Å². The van der Waals surface area contributed by atoms with Gasteiger partial charge in [-0.2, -0.15) is 13.2 Å². The number of aryl methyl sites for hydroxylation is 1. The number of rotatable bonds is 13. The molecule has 0 fully saturated rings. The predicted molar refractivity (Wildman–Crippen MR) is 174 cm³/mol. The molecule has 48 heavy (non-hydrogen) atoms. The summed E-state index contributed by atoms with van der Waals surface area (Å²) < 4.78 is 56.2. The lowest BCUT2D eigenvalue weighted by molar-refractivity contribution is -0.143. The van der Waals surface area contributed by atoms with E-state index in [4.69, 9.17) is 5.73 Å². The smallest absolute Gasteiger partial charge is 0.376 e. The number of halogens is 4. The number of nitrogens with one attached hydrogen (secondary N) is 3. The third kappa shape index (κ3) is 7.52. The summed E-state index contributed by atoms with van der Waals surface area (Å²) in [4.78, 5) is 44.4. The van der Waals surface area contributed by atoms with E-state index in [0.29, 0.717) is 29.5 Å². The predicted octanol–water partition coefficient (Wildman–Crippen LogP) is 4.59. The lowest BCUT2D eigenvalue weighted by atomic mass is 9.77. The first-order chi connectivity index (χ1) is 22.5. The molecular formula is C35H45F4N5O4. The van der Waals surface area contributed by atoms with E-state index in [0.717, 1.165) is 6.07 Å². The summed E-state index contributed by atoms with van der Waals surface area (Å²) in [7, 11) is 1.46. The van der Waals surface area contributed by atoms with Gasteiger partial charge in [0.05, 0.1) is 29.1 Å². The maximum absolute atomic E-state index is 14.4. The number of hydrogen-bond acceptors (Lipinski definition) is 5. The van der Waals surface area contributed by atoms with Gasteiger partial charge in [0.25, 0.3) is 0 Å². The minimum absolute atomic E-state index is 0.0835. The summed E-state index contributed by atoms with van der Waals surface area (Å²) in [5, 5.41) is 18.1. The third-order valence-electron chi connectivity index (χ3n) is 9.96. The molecular weight excluding hydrogens is 630 g/mol. The lowest BCUT2D eigenvalue weighted by Gasteiger charge is -2.45.